The van der Waals surface area contributed by atoms with E-state index >= 15 is 0 Å². The quantitative estimate of drug-likeness (QED) is 0.872. The molecule has 0 saturated carbocycles. The van der Waals surface area contributed by atoms with Crippen molar-refractivity contribution in [2.24, 2.45) is 5.73 Å². The summed E-state index contributed by atoms with van der Waals surface area (Å²) >= 11 is 0. The van der Waals surface area contributed by atoms with Crippen molar-refractivity contribution in [1.29, 1.82) is 5.26 Å². The Morgan fingerprint density at radius 2 is 2.20 bits per heavy atom. The average Bonchev–Trinajstić information content (AvgIpc) is 2.93. The number of aryl methyl sites for hydroxylation is 1. The number of benzene rings is 1. The van der Waals surface area contributed by atoms with Crippen molar-refractivity contribution in [3.63, 3.8) is 0 Å². The molecular weight excluding hydrogens is 276 g/mol. The molecule has 0 aliphatic rings. The van der Waals surface area contributed by atoms with Crippen LogP contribution in [0.25, 0.3) is 0 Å². The SMILES string of the molecule is N#Cc1cccc(S(=O)(=O)CCn2cc(CN)cn2)c1. The minimum Gasteiger partial charge on any atom is -0.326 e. The van der Waals surface area contributed by atoms with E-state index in [4.69, 9.17) is 11.0 Å². The first-order valence-electron chi connectivity index (χ1n) is 5.99. The fourth-order valence-electron chi connectivity index (χ4n) is 1.72. The Labute approximate surface area is 117 Å². The summed E-state index contributed by atoms with van der Waals surface area (Å²) in [4.78, 5) is 0.155. The van der Waals surface area contributed by atoms with Gasteiger partial charge in [-0.3, -0.25) is 4.68 Å². The van der Waals surface area contributed by atoms with E-state index in [1.807, 2.05) is 6.07 Å². The maximum atomic E-state index is 12.2. The molecule has 6 nitrogen and oxygen atoms in total. The van der Waals surface area contributed by atoms with Gasteiger partial charge in [0.2, 0.25) is 0 Å². The summed E-state index contributed by atoms with van der Waals surface area (Å²) < 4.78 is 25.9. The van der Waals surface area contributed by atoms with Gasteiger partial charge in [-0.15, -0.1) is 0 Å². The highest BCUT2D eigenvalue weighted by Crippen LogP contribution is 2.13. The van der Waals surface area contributed by atoms with Crippen LogP contribution in [0.15, 0.2) is 41.6 Å². The number of aromatic nitrogens is 2. The lowest BCUT2D eigenvalue weighted by Crippen LogP contribution is -2.13. The molecule has 0 saturated heterocycles. The molecule has 1 aromatic carbocycles. The fourth-order valence-corrected chi connectivity index (χ4v) is 2.98. The summed E-state index contributed by atoms with van der Waals surface area (Å²) in [7, 11) is -3.43. The third kappa shape index (κ3) is 3.23. The van der Waals surface area contributed by atoms with E-state index in [0.29, 0.717) is 12.1 Å². The molecule has 2 N–H and O–H groups in total. The zero-order chi connectivity index (χ0) is 14.6. The predicted molar refractivity (Wildman–Crippen MR) is 73.3 cm³/mol. The van der Waals surface area contributed by atoms with Gasteiger partial charge >= 0.3 is 0 Å². The van der Waals surface area contributed by atoms with Gasteiger partial charge in [0.15, 0.2) is 9.84 Å². The van der Waals surface area contributed by atoms with Gasteiger partial charge in [0.05, 0.1) is 35.0 Å². The molecule has 0 atom stereocenters. The first-order chi connectivity index (χ1) is 9.55. The third-order valence-corrected chi connectivity index (χ3v) is 4.53. The molecule has 104 valence electrons. The largest absolute Gasteiger partial charge is 0.326 e. The monoisotopic (exact) mass is 290 g/mol. The van der Waals surface area contributed by atoms with Gasteiger partial charge in [-0.25, -0.2) is 8.42 Å². The van der Waals surface area contributed by atoms with Crippen LogP contribution in [0.2, 0.25) is 0 Å². The molecule has 7 heteroatoms. The second-order valence-electron chi connectivity index (χ2n) is 4.27. The van der Waals surface area contributed by atoms with Crippen molar-refractivity contribution in [2.75, 3.05) is 5.75 Å². The summed E-state index contributed by atoms with van der Waals surface area (Å²) in [5.41, 5.74) is 6.65. The van der Waals surface area contributed by atoms with Crippen LogP contribution in [0.1, 0.15) is 11.1 Å². The minimum atomic E-state index is -3.43. The van der Waals surface area contributed by atoms with E-state index < -0.39 is 9.84 Å². The molecule has 0 unspecified atom stereocenters. The van der Waals surface area contributed by atoms with Gasteiger partial charge in [0.1, 0.15) is 0 Å². The molecule has 20 heavy (non-hydrogen) atoms. The van der Waals surface area contributed by atoms with Crippen molar-refractivity contribution in [3.05, 3.63) is 47.8 Å². The Bertz CT molecular complexity index is 744. The van der Waals surface area contributed by atoms with Crippen molar-refractivity contribution in [3.8, 4) is 6.07 Å². The molecule has 0 fully saturated rings. The first kappa shape index (κ1) is 14.2. The Morgan fingerprint density at radius 3 is 2.85 bits per heavy atom. The van der Waals surface area contributed by atoms with Crippen LogP contribution in [-0.2, 0) is 22.9 Å². The maximum absolute atomic E-state index is 12.2. The van der Waals surface area contributed by atoms with Crippen molar-refractivity contribution < 1.29 is 8.42 Å². The van der Waals surface area contributed by atoms with Gasteiger partial charge < -0.3 is 5.73 Å². The highest BCUT2D eigenvalue weighted by molar-refractivity contribution is 7.91. The Balaban J connectivity index is 2.13. The molecule has 0 amide bonds. The van der Waals surface area contributed by atoms with Gasteiger partial charge in [0, 0.05) is 18.3 Å². The highest BCUT2D eigenvalue weighted by atomic mass is 32.2. The number of nitrogens with zero attached hydrogens (tertiary/aromatic N) is 3. The Kier molecular flexibility index (Phi) is 4.17. The Morgan fingerprint density at radius 1 is 1.40 bits per heavy atom. The van der Waals surface area contributed by atoms with Crippen LogP contribution in [0.5, 0.6) is 0 Å². The van der Waals surface area contributed by atoms with Gasteiger partial charge in [-0.05, 0) is 18.2 Å². The molecule has 0 spiro atoms. The normalized spacial score (nSPS) is 11.2. The lowest BCUT2D eigenvalue weighted by Gasteiger charge is -2.05. The standard InChI is InChI=1S/C13H14N4O2S/c14-7-11-2-1-3-13(6-11)20(18,19)5-4-17-10-12(8-15)9-16-17/h1-3,6,9-10H,4-5,8,15H2. The van der Waals surface area contributed by atoms with Crippen LogP contribution in [0, 0.1) is 11.3 Å². The van der Waals surface area contributed by atoms with Crippen LogP contribution < -0.4 is 5.73 Å². The van der Waals surface area contributed by atoms with Crippen LogP contribution in [-0.4, -0.2) is 24.0 Å². The molecule has 0 aliphatic carbocycles. The first-order valence-corrected chi connectivity index (χ1v) is 7.65. The van der Waals surface area contributed by atoms with Crippen molar-refractivity contribution in [1.82, 2.24) is 9.78 Å². The molecular formula is C13H14N4O2S. The maximum Gasteiger partial charge on any atom is 0.180 e. The average molecular weight is 290 g/mol. The van der Waals surface area contributed by atoms with E-state index in [1.54, 1.807) is 29.2 Å². The molecule has 0 bridgehead atoms. The van der Waals surface area contributed by atoms with Crippen LogP contribution in [0.4, 0.5) is 0 Å². The summed E-state index contributed by atoms with van der Waals surface area (Å²) in [6, 6.07) is 7.93. The summed E-state index contributed by atoms with van der Waals surface area (Å²) in [6.07, 6.45) is 3.34. The number of hydrogen-bond donors (Lipinski definition) is 1. The number of hydrogen-bond acceptors (Lipinski definition) is 5. The number of rotatable bonds is 5. The molecule has 1 heterocycles. The van der Waals surface area contributed by atoms with Gasteiger partial charge in [0.25, 0.3) is 0 Å². The highest BCUT2D eigenvalue weighted by Gasteiger charge is 2.15. The predicted octanol–water partition coefficient (Wildman–Crippen LogP) is 0.687. The molecule has 0 aliphatic heterocycles. The zero-order valence-electron chi connectivity index (χ0n) is 10.7. The van der Waals surface area contributed by atoms with Crippen LogP contribution >= 0.6 is 0 Å². The summed E-state index contributed by atoms with van der Waals surface area (Å²) in [5.74, 6) is -0.0758. The lowest BCUT2D eigenvalue weighted by molar-refractivity contribution is 0.580. The Hall–Kier alpha value is -2.17. The van der Waals surface area contributed by atoms with Crippen molar-refractivity contribution >= 4 is 9.84 Å². The fraction of sp³-hybridized carbons (Fsp3) is 0.231. The third-order valence-electron chi connectivity index (χ3n) is 2.83. The van der Waals surface area contributed by atoms with Gasteiger partial charge in [-0.1, -0.05) is 6.07 Å². The van der Waals surface area contributed by atoms with E-state index in [9.17, 15) is 8.42 Å². The zero-order valence-corrected chi connectivity index (χ0v) is 11.5. The van der Waals surface area contributed by atoms with E-state index in [0.717, 1.165) is 5.56 Å². The van der Waals surface area contributed by atoms with E-state index in [1.165, 1.54) is 12.1 Å². The van der Waals surface area contributed by atoms with Crippen molar-refractivity contribution in [2.45, 2.75) is 18.0 Å². The molecule has 0 radical (unpaired) electrons. The number of nitrogens with two attached hydrogens (primary N) is 1. The summed E-state index contributed by atoms with van der Waals surface area (Å²) in [5, 5.41) is 12.8. The van der Waals surface area contributed by atoms with E-state index in [-0.39, 0.29) is 17.2 Å². The second-order valence-corrected chi connectivity index (χ2v) is 6.38. The topological polar surface area (TPSA) is 102 Å². The number of sulfone groups is 1. The van der Waals surface area contributed by atoms with Gasteiger partial charge in [-0.2, -0.15) is 10.4 Å². The second kappa shape index (κ2) is 5.86. The number of nitriles is 1. The van der Waals surface area contributed by atoms with E-state index in [2.05, 4.69) is 5.10 Å². The smallest absolute Gasteiger partial charge is 0.180 e. The van der Waals surface area contributed by atoms with Crippen LogP contribution in [0.3, 0.4) is 0 Å². The lowest BCUT2D eigenvalue weighted by atomic mass is 10.2. The minimum absolute atomic E-state index is 0.0758. The molecule has 2 aromatic rings. The molecule has 2 rings (SSSR count). The molecule has 1 aromatic heterocycles. The summed E-state index contributed by atoms with van der Waals surface area (Å²) in [6.45, 7) is 0.621.